The van der Waals surface area contributed by atoms with E-state index < -0.39 is 0 Å². The molecule has 0 bridgehead atoms. The lowest BCUT2D eigenvalue weighted by atomic mass is 10.2. The van der Waals surface area contributed by atoms with Gasteiger partial charge < -0.3 is 4.98 Å². The van der Waals surface area contributed by atoms with E-state index in [2.05, 4.69) is 20.3 Å². The molecule has 0 fully saturated rings. The molecule has 0 atom stereocenters. The summed E-state index contributed by atoms with van der Waals surface area (Å²) in [5, 5.41) is 10.5. The first-order chi connectivity index (χ1) is 11.2. The Hall–Kier alpha value is -2.51. The summed E-state index contributed by atoms with van der Waals surface area (Å²) in [5.41, 5.74) is 1.25. The predicted molar refractivity (Wildman–Crippen MR) is 89.8 cm³/mol. The molecule has 23 heavy (non-hydrogen) atoms. The van der Waals surface area contributed by atoms with Crippen molar-refractivity contribution >= 4 is 34.1 Å². The Labute approximate surface area is 139 Å². The lowest BCUT2D eigenvalue weighted by Gasteiger charge is -2.04. The third-order valence-corrected chi connectivity index (χ3v) is 4.65. The van der Waals surface area contributed by atoms with Crippen LogP contribution in [-0.4, -0.2) is 25.0 Å². The molecule has 3 heterocycles. The highest BCUT2D eigenvalue weighted by Gasteiger charge is 2.14. The Bertz CT molecular complexity index is 1040. The first kappa shape index (κ1) is 14.1. The van der Waals surface area contributed by atoms with Gasteiger partial charge in [-0.05, 0) is 23.1 Å². The maximum Gasteiger partial charge on any atom is 0.281 e. The van der Waals surface area contributed by atoms with Crippen LogP contribution in [0.1, 0.15) is 5.56 Å². The molecule has 0 saturated carbocycles. The maximum absolute atomic E-state index is 12.2. The summed E-state index contributed by atoms with van der Waals surface area (Å²) in [6.07, 6.45) is 0. The van der Waals surface area contributed by atoms with Crippen molar-refractivity contribution in [2.45, 2.75) is 6.54 Å². The van der Waals surface area contributed by atoms with E-state index in [1.165, 1.54) is 11.3 Å². The Morgan fingerprint density at radius 3 is 2.87 bits per heavy atom. The minimum atomic E-state index is -0.302. The van der Waals surface area contributed by atoms with Crippen LogP contribution in [0, 0.1) is 0 Å². The number of hydrogen-bond donors (Lipinski definition) is 1. The zero-order chi connectivity index (χ0) is 15.8. The van der Waals surface area contributed by atoms with Gasteiger partial charge >= 0.3 is 0 Å². The van der Waals surface area contributed by atoms with Crippen LogP contribution in [0.25, 0.3) is 21.9 Å². The summed E-state index contributed by atoms with van der Waals surface area (Å²) in [6, 6.07) is 11.3. The fourth-order valence-corrected chi connectivity index (χ4v) is 3.16. The van der Waals surface area contributed by atoms with Crippen LogP contribution in [0.4, 0.5) is 0 Å². The summed E-state index contributed by atoms with van der Waals surface area (Å²) in [6.45, 7) is 0.399. The van der Waals surface area contributed by atoms with Gasteiger partial charge in [0, 0.05) is 5.02 Å². The van der Waals surface area contributed by atoms with Crippen LogP contribution >= 0.6 is 22.9 Å². The van der Waals surface area contributed by atoms with Crippen molar-refractivity contribution in [3.8, 4) is 10.7 Å². The number of rotatable bonds is 3. The van der Waals surface area contributed by atoms with E-state index in [0.29, 0.717) is 23.0 Å². The second kappa shape index (κ2) is 5.60. The molecule has 0 aliphatic carbocycles. The first-order valence-corrected chi connectivity index (χ1v) is 8.09. The molecule has 0 unspecified atom stereocenters. The van der Waals surface area contributed by atoms with E-state index in [-0.39, 0.29) is 11.1 Å². The fraction of sp³-hybridized carbons (Fsp3) is 0.0667. The fourth-order valence-electron chi connectivity index (χ4n) is 2.29. The Morgan fingerprint density at radius 2 is 2.09 bits per heavy atom. The Morgan fingerprint density at radius 1 is 1.22 bits per heavy atom. The number of benzene rings is 1. The molecule has 114 valence electrons. The van der Waals surface area contributed by atoms with Crippen molar-refractivity contribution in [1.29, 1.82) is 0 Å². The van der Waals surface area contributed by atoms with Gasteiger partial charge in [0.1, 0.15) is 0 Å². The molecule has 1 aromatic carbocycles. The number of hydrogen-bond acceptors (Lipinski definition) is 5. The van der Waals surface area contributed by atoms with E-state index in [1.807, 2.05) is 41.8 Å². The van der Waals surface area contributed by atoms with Crippen molar-refractivity contribution in [2.24, 2.45) is 0 Å². The largest absolute Gasteiger partial charge is 0.304 e. The standard InChI is InChI=1S/C15H10ClN5OS/c16-10-5-2-1-4-9(10)8-21-14-12(19-20-21)15(22)18-13(17-14)11-6-3-7-23-11/h1-7H,8H2,(H,17,18,22). The van der Waals surface area contributed by atoms with Crippen LogP contribution in [0.15, 0.2) is 46.6 Å². The highest BCUT2D eigenvalue weighted by atomic mass is 35.5. The number of nitrogens with one attached hydrogen (secondary N) is 1. The lowest BCUT2D eigenvalue weighted by Crippen LogP contribution is -2.11. The second-order valence-corrected chi connectivity index (χ2v) is 6.26. The van der Waals surface area contributed by atoms with E-state index in [1.54, 1.807) is 4.68 Å². The molecule has 0 amide bonds. The number of thiophene rings is 1. The summed E-state index contributed by atoms with van der Waals surface area (Å²) < 4.78 is 1.59. The van der Waals surface area contributed by atoms with Gasteiger partial charge in [0.2, 0.25) is 0 Å². The number of aromatic amines is 1. The van der Waals surface area contributed by atoms with Gasteiger partial charge in [-0.3, -0.25) is 4.79 Å². The topological polar surface area (TPSA) is 76.5 Å². The zero-order valence-electron chi connectivity index (χ0n) is 11.7. The molecule has 6 nitrogen and oxygen atoms in total. The highest BCUT2D eigenvalue weighted by molar-refractivity contribution is 7.13. The normalized spacial score (nSPS) is 11.2. The molecule has 8 heteroatoms. The Kier molecular flexibility index (Phi) is 3.44. The third kappa shape index (κ3) is 2.54. The van der Waals surface area contributed by atoms with E-state index >= 15 is 0 Å². The monoisotopic (exact) mass is 343 g/mol. The van der Waals surface area contributed by atoms with Crippen molar-refractivity contribution < 1.29 is 0 Å². The number of aromatic nitrogens is 5. The van der Waals surface area contributed by atoms with Gasteiger partial charge in [0.15, 0.2) is 17.0 Å². The van der Waals surface area contributed by atoms with Gasteiger partial charge in [0.25, 0.3) is 5.56 Å². The molecular weight excluding hydrogens is 334 g/mol. The van der Waals surface area contributed by atoms with E-state index in [9.17, 15) is 4.79 Å². The van der Waals surface area contributed by atoms with Gasteiger partial charge in [-0.2, -0.15) is 0 Å². The summed E-state index contributed by atoms with van der Waals surface area (Å²) in [4.78, 5) is 20.3. The maximum atomic E-state index is 12.2. The minimum absolute atomic E-state index is 0.220. The summed E-state index contributed by atoms with van der Waals surface area (Å²) in [7, 11) is 0. The molecule has 0 radical (unpaired) electrons. The average Bonchev–Trinajstić information content (AvgIpc) is 3.20. The van der Waals surface area contributed by atoms with Crippen molar-refractivity contribution in [3.05, 3.63) is 62.7 Å². The lowest BCUT2D eigenvalue weighted by molar-refractivity contribution is 0.664. The third-order valence-electron chi connectivity index (χ3n) is 3.41. The van der Waals surface area contributed by atoms with Crippen molar-refractivity contribution in [2.75, 3.05) is 0 Å². The van der Waals surface area contributed by atoms with Crippen LogP contribution in [0.3, 0.4) is 0 Å². The quantitative estimate of drug-likeness (QED) is 0.620. The van der Waals surface area contributed by atoms with Crippen LogP contribution in [-0.2, 0) is 6.54 Å². The molecule has 0 aliphatic heterocycles. The number of halogens is 1. The van der Waals surface area contributed by atoms with Gasteiger partial charge in [-0.15, -0.1) is 16.4 Å². The minimum Gasteiger partial charge on any atom is -0.304 e. The number of fused-ring (bicyclic) bond motifs is 1. The molecule has 3 aromatic heterocycles. The van der Waals surface area contributed by atoms with Gasteiger partial charge in [-0.25, -0.2) is 9.67 Å². The smallest absolute Gasteiger partial charge is 0.281 e. The SMILES string of the molecule is O=c1[nH]c(-c2cccs2)nc2c1nnn2Cc1ccccc1Cl. The van der Waals surface area contributed by atoms with Gasteiger partial charge in [-0.1, -0.05) is 41.1 Å². The molecule has 0 aliphatic rings. The van der Waals surface area contributed by atoms with Crippen molar-refractivity contribution in [3.63, 3.8) is 0 Å². The molecule has 0 saturated heterocycles. The average molecular weight is 344 g/mol. The van der Waals surface area contributed by atoms with Gasteiger partial charge in [0.05, 0.1) is 11.4 Å². The molecule has 1 N–H and O–H groups in total. The van der Waals surface area contributed by atoms with E-state index in [0.717, 1.165) is 10.4 Å². The number of nitrogens with zero attached hydrogens (tertiary/aromatic N) is 4. The second-order valence-electron chi connectivity index (χ2n) is 4.90. The molecular formula is C15H10ClN5OS. The molecule has 4 rings (SSSR count). The summed E-state index contributed by atoms with van der Waals surface area (Å²) in [5.74, 6) is 0.514. The van der Waals surface area contributed by atoms with Crippen LogP contribution in [0.2, 0.25) is 5.02 Å². The van der Waals surface area contributed by atoms with E-state index in [4.69, 9.17) is 11.6 Å². The first-order valence-electron chi connectivity index (χ1n) is 6.83. The highest BCUT2D eigenvalue weighted by Crippen LogP contribution is 2.22. The van der Waals surface area contributed by atoms with Crippen LogP contribution in [0.5, 0.6) is 0 Å². The zero-order valence-corrected chi connectivity index (χ0v) is 13.3. The Balaban J connectivity index is 1.85. The summed E-state index contributed by atoms with van der Waals surface area (Å²) >= 11 is 7.69. The molecule has 0 spiro atoms. The van der Waals surface area contributed by atoms with Crippen LogP contribution < -0.4 is 5.56 Å². The number of H-pyrrole nitrogens is 1. The predicted octanol–water partition coefficient (Wildman–Crippen LogP) is 2.94. The van der Waals surface area contributed by atoms with Crippen molar-refractivity contribution in [1.82, 2.24) is 25.0 Å². The molecule has 4 aromatic rings.